The summed E-state index contributed by atoms with van der Waals surface area (Å²) in [5, 5.41) is 37.9. The molecule has 1 aliphatic rings. The maximum Gasteiger partial charge on any atom is 0.340 e. The Kier molecular flexibility index (Phi) is 7.46. The van der Waals surface area contributed by atoms with Crippen LogP contribution in [0, 0.1) is 0 Å². The predicted octanol–water partition coefficient (Wildman–Crippen LogP) is 2.01. The highest BCUT2D eigenvalue weighted by Gasteiger charge is 2.40. The van der Waals surface area contributed by atoms with Crippen LogP contribution < -0.4 is 5.56 Å². The van der Waals surface area contributed by atoms with Crippen molar-refractivity contribution in [3.8, 4) is 11.4 Å². The Labute approximate surface area is 179 Å². The minimum Gasteiger partial charge on any atom is -0.479 e. The molecule has 0 fully saturated rings. The average Bonchev–Trinajstić information content (AvgIpc) is 3.17. The van der Waals surface area contributed by atoms with Gasteiger partial charge in [-0.2, -0.15) is 0 Å². The van der Waals surface area contributed by atoms with Crippen molar-refractivity contribution in [3.63, 3.8) is 0 Å². The van der Waals surface area contributed by atoms with Gasteiger partial charge in [0.15, 0.2) is 5.60 Å². The topological polar surface area (TPSA) is 133 Å². The third-order valence-corrected chi connectivity index (χ3v) is 5.24. The molecule has 3 heterocycles. The van der Waals surface area contributed by atoms with E-state index >= 15 is 0 Å². The van der Waals surface area contributed by atoms with Gasteiger partial charge in [0.05, 0.1) is 30.1 Å². The van der Waals surface area contributed by atoms with Crippen LogP contribution in [0.1, 0.15) is 30.0 Å². The maximum absolute atomic E-state index is 12.9. The molecule has 0 saturated carbocycles. The van der Waals surface area contributed by atoms with Gasteiger partial charge in [-0.05, 0) is 24.6 Å². The second kappa shape index (κ2) is 9.65. The monoisotopic (exact) mass is 426 g/mol. The number of rotatable bonds is 4. The molecule has 1 aliphatic heterocycles. The van der Waals surface area contributed by atoms with Gasteiger partial charge in [-0.1, -0.05) is 25.1 Å². The molecule has 0 radical (unpaired) electrons. The summed E-state index contributed by atoms with van der Waals surface area (Å²) >= 11 is 0. The zero-order valence-corrected chi connectivity index (χ0v) is 17.5. The van der Waals surface area contributed by atoms with Crippen molar-refractivity contribution < 1.29 is 25.2 Å². The number of hydrogen-bond donors (Lipinski definition) is 4. The van der Waals surface area contributed by atoms with E-state index in [0.717, 1.165) is 23.6 Å². The molecule has 31 heavy (non-hydrogen) atoms. The van der Waals surface area contributed by atoms with Crippen molar-refractivity contribution in [2.45, 2.75) is 32.1 Å². The molecule has 1 aromatic carbocycles. The lowest BCUT2D eigenvalue weighted by atomic mass is 9.87. The first kappa shape index (κ1) is 23.9. The molecule has 0 aliphatic carbocycles. The number of benzene rings is 1. The zero-order valence-electron chi connectivity index (χ0n) is 17.5. The highest BCUT2D eigenvalue weighted by molar-refractivity contribution is 5.85. The molecule has 0 unspecified atom stereocenters. The number of aliphatic carboxylic acids is 1. The third kappa shape index (κ3) is 3.88. The predicted molar refractivity (Wildman–Crippen MR) is 118 cm³/mol. The Morgan fingerprint density at radius 1 is 1.23 bits per heavy atom. The normalized spacial score (nSPS) is 13.1. The van der Waals surface area contributed by atoms with Crippen molar-refractivity contribution in [1.29, 1.82) is 0 Å². The summed E-state index contributed by atoms with van der Waals surface area (Å²) in [6.45, 7) is 7.14. The van der Waals surface area contributed by atoms with E-state index < -0.39 is 23.7 Å². The van der Waals surface area contributed by atoms with Gasteiger partial charge in [0.2, 0.25) is 0 Å². The third-order valence-electron chi connectivity index (χ3n) is 5.24. The number of aliphatic hydroxyl groups excluding tert-OH is 2. The van der Waals surface area contributed by atoms with Crippen LogP contribution in [0.5, 0.6) is 0 Å². The molecule has 0 bridgehead atoms. The number of aromatic nitrogens is 2. The lowest BCUT2D eigenvalue weighted by Gasteiger charge is -2.25. The van der Waals surface area contributed by atoms with Crippen LogP contribution in [-0.4, -0.2) is 43.1 Å². The quantitative estimate of drug-likeness (QED) is 0.367. The molecule has 8 nitrogen and oxygen atoms in total. The van der Waals surface area contributed by atoms with Crippen molar-refractivity contribution in [2.24, 2.45) is 0 Å². The Hall–Kier alpha value is -3.33. The smallest absolute Gasteiger partial charge is 0.340 e. The first-order valence-electron chi connectivity index (χ1n) is 9.58. The van der Waals surface area contributed by atoms with Crippen LogP contribution in [0.4, 0.5) is 0 Å². The van der Waals surface area contributed by atoms with Gasteiger partial charge in [-0.25, -0.2) is 9.78 Å². The number of hydrogen-bond acceptors (Lipinski definition) is 6. The number of pyridine rings is 2. The van der Waals surface area contributed by atoms with E-state index in [0.29, 0.717) is 11.4 Å². The Morgan fingerprint density at radius 2 is 1.87 bits per heavy atom. The van der Waals surface area contributed by atoms with Gasteiger partial charge in [-0.3, -0.25) is 4.79 Å². The van der Waals surface area contributed by atoms with E-state index in [-0.39, 0.29) is 24.1 Å². The molecule has 4 N–H and O–H groups in total. The maximum atomic E-state index is 12.9. The summed E-state index contributed by atoms with van der Waals surface area (Å²) in [5.74, 6) is -1.46. The van der Waals surface area contributed by atoms with Gasteiger partial charge < -0.3 is 25.0 Å². The highest BCUT2D eigenvalue weighted by Crippen LogP contribution is 2.36. The number of aliphatic hydroxyl groups is 3. The molecular weight excluding hydrogens is 400 g/mol. The Balaban J connectivity index is 0.000000807. The van der Waals surface area contributed by atoms with Gasteiger partial charge in [-0.15, -0.1) is 13.2 Å². The van der Waals surface area contributed by atoms with Crippen LogP contribution >= 0.6 is 0 Å². The molecule has 164 valence electrons. The van der Waals surface area contributed by atoms with Crippen LogP contribution in [0.15, 0.2) is 54.4 Å². The fraction of sp³-hybridized carbons (Fsp3) is 0.261. The molecular formula is C23H26N2O6. The van der Waals surface area contributed by atoms with Crippen molar-refractivity contribution >= 4 is 16.9 Å². The standard InChI is InChI=1S/C20H18N2O5.C2H4.CH4O/c1-2-20(27,19(25)26)14-8-16-17-12(9-22(16)18(24)13(14)10-23)7-11-5-3-4-6-15(11)21-17;2*1-2/h3-8,23,27H,2,9-10H2,1H3,(H,25,26);1-2H2;2H,1H3/t20-;;/m0../s1. The molecule has 0 amide bonds. The minimum absolute atomic E-state index is 0.0842. The molecule has 1 atom stereocenters. The largest absolute Gasteiger partial charge is 0.479 e. The summed E-state index contributed by atoms with van der Waals surface area (Å²) in [7, 11) is 1.00. The van der Waals surface area contributed by atoms with Crippen LogP contribution in [0.25, 0.3) is 22.3 Å². The van der Waals surface area contributed by atoms with Gasteiger partial charge in [0, 0.05) is 29.2 Å². The second-order valence-electron chi connectivity index (χ2n) is 6.68. The average molecular weight is 426 g/mol. The SMILES string of the molecule is C=C.CC[C@@](O)(C(=O)O)c1cc2n(c(=O)c1CO)Cc1cc3ccccc3nc1-2.CO. The molecule has 0 spiro atoms. The fourth-order valence-electron chi connectivity index (χ4n) is 3.69. The van der Waals surface area contributed by atoms with Gasteiger partial charge in [0.1, 0.15) is 0 Å². The van der Waals surface area contributed by atoms with Crippen LogP contribution in [-0.2, 0) is 23.5 Å². The number of para-hydroxylation sites is 1. The summed E-state index contributed by atoms with van der Waals surface area (Å²) in [6, 6.07) is 11.0. The lowest BCUT2D eigenvalue weighted by Crippen LogP contribution is -2.39. The molecule has 8 heteroatoms. The fourth-order valence-corrected chi connectivity index (χ4v) is 3.69. The van der Waals surface area contributed by atoms with E-state index in [2.05, 4.69) is 18.1 Å². The molecule has 4 rings (SSSR count). The van der Waals surface area contributed by atoms with E-state index in [9.17, 15) is 24.9 Å². The van der Waals surface area contributed by atoms with E-state index in [1.54, 1.807) is 0 Å². The van der Waals surface area contributed by atoms with E-state index in [1.807, 2.05) is 30.3 Å². The van der Waals surface area contributed by atoms with E-state index in [1.165, 1.54) is 17.6 Å². The number of carboxylic acids is 1. The van der Waals surface area contributed by atoms with Gasteiger partial charge >= 0.3 is 5.97 Å². The Morgan fingerprint density at radius 3 is 2.45 bits per heavy atom. The zero-order chi connectivity index (χ0) is 23.3. The summed E-state index contributed by atoms with van der Waals surface area (Å²) in [6.07, 6.45) is -0.143. The first-order valence-corrected chi connectivity index (χ1v) is 9.58. The number of carbonyl (C=O) groups is 1. The lowest BCUT2D eigenvalue weighted by molar-refractivity contribution is -0.160. The summed E-state index contributed by atoms with van der Waals surface area (Å²) in [5.41, 5.74) is -0.341. The van der Waals surface area contributed by atoms with Crippen molar-refractivity contribution in [2.75, 3.05) is 7.11 Å². The summed E-state index contributed by atoms with van der Waals surface area (Å²) < 4.78 is 1.46. The number of carboxylic acid groups (broad SMARTS) is 1. The highest BCUT2D eigenvalue weighted by atomic mass is 16.4. The molecule has 2 aromatic heterocycles. The first-order chi connectivity index (χ1) is 14.9. The second-order valence-corrected chi connectivity index (χ2v) is 6.68. The number of nitrogens with zero attached hydrogens (tertiary/aromatic N) is 2. The van der Waals surface area contributed by atoms with Crippen molar-refractivity contribution in [1.82, 2.24) is 9.55 Å². The van der Waals surface area contributed by atoms with E-state index in [4.69, 9.17) is 5.11 Å². The van der Waals surface area contributed by atoms with Gasteiger partial charge in [0.25, 0.3) is 5.56 Å². The molecule has 0 saturated heterocycles. The van der Waals surface area contributed by atoms with Crippen molar-refractivity contribution in [3.05, 3.63) is 76.6 Å². The Bertz CT molecular complexity index is 1170. The minimum atomic E-state index is -2.26. The number of fused-ring (bicyclic) bond motifs is 4. The van der Waals surface area contributed by atoms with Crippen LogP contribution in [0.2, 0.25) is 0 Å². The molecule has 3 aromatic rings. The van der Waals surface area contributed by atoms with Crippen LogP contribution in [0.3, 0.4) is 0 Å². The summed E-state index contributed by atoms with van der Waals surface area (Å²) in [4.78, 5) is 29.3.